The summed E-state index contributed by atoms with van der Waals surface area (Å²) in [5.74, 6) is 1.84. The molecule has 6 nitrogen and oxygen atoms in total. The van der Waals surface area contributed by atoms with E-state index < -0.39 is 0 Å². The Balaban J connectivity index is 1.91. The lowest BCUT2D eigenvalue weighted by Gasteiger charge is -2.32. The molecule has 124 valence electrons. The van der Waals surface area contributed by atoms with E-state index in [1.54, 1.807) is 0 Å². The highest BCUT2D eigenvalue weighted by atomic mass is 16.5. The molecule has 0 aliphatic carbocycles. The van der Waals surface area contributed by atoms with E-state index >= 15 is 0 Å². The molecule has 1 saturated heterocycles. The fourth-order valence-corrected chi connectivity index (χ4v) is 2.64. The Morgan fingerprint density at radius 1 is 1.45 bits per heavy atom. The lowest BCUT2D eigenvalue weighted by molar-refractivity contribution is -0.128. The Morgan fingerprint density at radius 3 is 2.77 bits per heavy atom. The number of rotatable bonds is 4. The summed E-state index contributed by atoms with van der Waals surface area (Å²) < 4.78 is 5.30. The van der Waals surface area contributed by atoms with Gasteiger partial charge in [0.05, 0.1) is 12.5 Å². The first-order chi connectivity index (χ1) is 10.2. The Morgan fingerprint density at radius 2 is 2.18 bits per heavy atom. The Bertz CT molecular complexity index is 504. The number of nitrogens with zero attached hydrogens (tertiary/aromatic N) is 3. The number of hydrogen-bond donors (Lipinski definition) is 1. The van der Waals surface area contributed by atoms with Crippen molar-refractivity contribution in [2.75, 3.05) is 13.1 Å². The number of amides is 1. The van der Waals surface area contributed by atoms with E-state index in [1.807, 2.05) is 34.6 Å². The molecule has 0 bridgehead atoms. The Labute approximate surface area is 132 Å². The minimum Gasteiger partial charge on any atom is -0.351 e. The SMILES string of the molecule is CC(C)c1noc(CN2CCCC(C(=O)NC(C)(C)C)C2)n1. The van der Waals surface area contributed by atoms with Gasteiger partial charge >= 0.3 is 0 Å². The number of likely N-dealkylation sites (tertiary alicyclic amines) is 1. The largest absolute Gasteiger partial charge is 0.351 e. The number of hydrogen-bond acceptors (Lipinski definition) is 5. The molecule has 1 unspecified atom stereocenters. The minimum absolute atomic E-state index is 0.0421. The van der Waals surface area contributed by atoms with Crippen LogP contribution in [0.4, 0.5) is 0 Å². The van der Waals surface area contributed by atoms with Gasteiger partial charge in [-0.15, -0.1) is 0 Å². The molecule has 0 saturated carbocycles. The van der Waals surface area contributed by atoms with Crippen molar-refractivity contribution in [2.24, 2.45) is 5.92 Å². The molecule has 2 heterocycles. The van der Waals surface area contributed by atoms with Crippen molar-refractivity contribution < 1.29 is 9.32 Å². The van der Waals surface area contributed by atoms with Crippen LogP contribution in [0.2, 0.25) is 0 Å². The first-order valence-corrected chi connectivity index (χ1v) is 8.11. The van der Waals surface area contributed by atoms with Gasteiger partial charge in [-0.25, -0.2) is 0 Å². The van der Waals surface area contributed by atoms with Crippen molar-refractivity contribution in [1.29, 1.82) is 0 Å². The van der Waals surface area contributed by atoms with Gasteiger partial charge in [0.1, 0.15) is 0 Å². The molecule has 1 aliphatic heterocycles. The van der Waals surface area contributed by atoms with E-state index in [0.29, 0.717) is 12.4 Å². The molecule has 1 fully saturated rings. The molecule has 0 spiro atoms. The fourth-order valence-electron chi connectivity index (χ4n) is 2.64. The van der Waals surface area contributed by atoms with E-state index in [0.717, 1.165) is 31.8 Å². The number of carbonyl (C=O) groups excluding carboxylic acids is 1. The summed E-state index contributed by atoms with van der Waals surface area (Å²) in [6.07, 6.45) is 1.97. The topological polar surface area (TPSA) is 71.3 Å². The maximum absolute atomic E-state index is 12.3. The molecule has 1 N–H and O–H groups in total. The lowest BCUT2D eigenvalue weighted by atomic mass is 9.95. The highest BCUT2D eigenvalue weighted by molar-refractivity contribution is 5.79. The maximum Gasteiger partial charge on any atom is 0.240 e. The van der Waals surface area contributed by atoms with Gasteiger partial charge in [0.15, 0.2) is 5.82 Å². The van der Waals surface area contributed by atoms with Crippen molar-refractivity contribution in [2.45, 2.75) is 65.5 Å². The fraction of sp³-hybridized carbons (Fsp3) is 0.812. The smallest absolute Gasteiger partial charge is 0.240 e. The van der Waals surface area contributed by atoms with Crippen LogP contribution in [0.15, 0.2) is 4.52 Å². The van der Waals surface area contributed by atoms with Gasteiger partial charge in [-0.3, -0.25) is 9.69 Å². The van der Waals surface area contributed by atoms with E-state index in [4.69, 9.17) is 4.52 Å². The third-order valence-corrected chi connectivity index (χ3v) is 3.73. The maximum atomic E-state index is 12.3. The number of aromatic nitrogens is 2. The summed E-state index contributed by atoms with van der Waals surface area (Å²) in [6.45, 7) is 12.5. The first-order valence-electron chi connectivity index (χ1n) is 8.11. The molecule has 22 heavy (non-hydrogen) atoms. The highest BCUT2D eigenvalue weighted by Crippen LogP contribution is 2.20. The van der Waals surface area contributed by atoms with Gasteiger partial charge in [-0.2, -0.15) is 4.98 Å². The molecule has 2 rings (SSSR count). The molecule has 1 amide bonds. The normalized spacial score (nSPS) is 20.4. The average Bonchev–Trinajstić information content (AvgIpc) is 2.86. The second-order valence-electron chi connectivity index (χ2n) is 7.51. The molecule has 1 atom stereocenters. The van der Waals surface area contributed by atoms with Gasteiger partial charge in [-0.1, -0.05) is 19.0 Å². The van der Waals surface area contributed by atoms with Crippen molar-refractivity contribution >= 4 is 5.91 Å². The van der Waals surface area contributed by atoms with Gasteiger partial charge < -0.3 is 9.84 Å². The van der Waals surface area contributed by atoms with Crippen molar-refractivity contribution in [3.63, 3.8) is 0 Å². The summed E-state index contributed by atoms with van der Waals surface area (Å²) in [5.41, 5.74) is -0.183. The van der Waals surface area contributed by atoms with Crippen LogP contribution < -0.4 is 5.32 Å². The molecule has 1 aromatic rings. The zero-order valence-corrected chi connectivity index (χ0v) is 14.3. The second-order valence-corrected chi connectivity index (χ2v) is 7.51. The zero-order chi connectivity index (χ0) is 16.3. The van der Waals surface area contributed by atoms with E-state index in [-0.39, 0.29) is 23.3 Å². The standard InChI is InChI=1S/C16H28N4O2/c1-11(2)14-17-13(22-19-14)10-20-8-6-7-12(9-20)15(21)18-16(3,4)5/h11-12H,6-10H2,1-5H3,(H,18,21). The molecule has 0 radical (unpaired) electrons. The van der Waals surface area contributed by atoms with E-state index in [1.165, 1.54) is 0 Å². The quantitative estimate of drug-likeness (QED) is 0.924. The van der Waals surface area contributed by atoms with Crippen LogP contribution in [-0.4, -0.2) is 39.6 Å². The van der Waals surface area contributed by atoms with E-state index in [9.17, 15) is 4.79 Å². The molecule has 1 aliphatic rings. The second kappa shape index (κ2) is 6.77. The van der Waals surface area contributed by atoms with Gasteiger partial charge in [-0.05, 0) is 40.2 Å². The number of carbonyl (C=O) groups is 1. The lowest BCUT2D eigenvalue weighted by Crippen LogP contribution is -2.48. The van der Waals surface area contributed by atoms with Crippen LogP contribution in [0.3, 0.4) is 0 Å². The summed E-state index contributed by atoms with van der Waals surface area (Å²) in [6, 6.07) is 0. The third-order valence-electron chi connectivity index (χ3n) is 3.73. The zero-order valence-electron chi connectivity index (χ0n) is 14.3. The monoisotopic (exact) mass is 308 g/mol. The van der Waals surface area contributed by atoms with Gasteiger partial charge in [0.2, 0.25) is 11.8 Å². The van der Waals surface area contributed by atoms with Gasteiger partial charge in [0.25, 0.3) is 0 Å². The predicted octanol–water partition coefficient (Wildman–Crippen LogP) is 2.32. The molecular formula is C16H28N4O2. The van der Waals surface area contributed by atoms with Crippen LogP contribution in [0.25, 0.3) is 0 Å². The van der Waals surface area contributed by atoms with E-state index in [2.05, 4.69) is 20.4 Å². The summed E-state index contributed by atoms with van der Waals surface area (Å²) in [7, 11) is 0. The van der Waals surface area contributed by atoms with Crippen LogP contribution in [0, 0.1) is 5.92 Å². The first kappa shape index (κ1) is 16.9. The molecule has 1 aromatic heterocycles. The third kappa shape index (κ3) is 4.80. The summed E-state index contributed by atoms with van der Waals surface area (Å²) in [4.78, 5) is 19.0. The number of piperidine rings is 1. The predicted molar refractivity (Wildman–Crippen MR) is 84.3 cm³/mol. The van der Waals surface area contributed by atoms with Crippen molar-refractivity contribution in [3.8, 4) is 0 Å². The molecular weight excluding hydrogens is 280 g/mol. The van der Waals surface area contributed by atoms with Crippen LogP contribution in [-0.2, 0) is 11.3 Å². The van der Waals surface area contributed by atoms with Crippen LogP contribution >= 0.6 is 0 Å². The minimum atomic E-state index is -0.183. The van der Waals surface area contributed by atoms with Gasteiger partial charge in [0, 0.05) is 18.0 Å². The number of nitrogens with one attached hydrogen (secondary N) is 1. The Hall–Kier alpha value is -1.43. The summed E-state index contributed by atoms with van der Waals surface area (Å²) in [5, 5.41) is 7.07. The van der Waals surface area contributed by atoms with Crippen LogP contribution in [0.5, 0.6) is 0 Å². The molecule has 0 aromatic carbocycles. The van der Waals surface area contributed by atoms with Crippen molar-refractivity contribution in [1.82, 2.24) is 20.4 Å². The molecule has 6 heteroatoms. The Kier molecular flexibility index (Phi) is 5.21. The summed E-state index contributed by atoms with van der Waals surface area (Å²) >= 11 is 0. The van der Waals surface area contributed by atoms with Crippen LogP contribution in [0.1, 0.15) is 65.1 Å². The average molecular weight is 308 g/mol. The van der Waals surface area contributed by atoms with Crippen molar-refractivity contribution in [3.05, 3.63) is 11.7 Å². The highest BCUT2D eigenvalue weighted by Gasteiger charge is 2.28.